The van der Waals surface area contributed by atoms with Crippen LogP contribution in [0.15, 0.2) is 78.9 Å². The van der Waals surface area contributed by atoms with Gasteiger partial charge in [0.1, 0.15) is 0 Å². The third kappa shape index (κ3) is 8.13. The molecule has 2 radical (unpaired) electrons. The van der Waals surface area contributed by atoms with E-state index in [1.165, 1.54) is 28.3 Å². The van der Waals surface area contributed by atoms with Crippen molar-refractivity contribution in [2.45, 2.75) is 134 Å². The summed E-state index contributed by atoms with van der Waals surface area (Å²) in [7, 11) is -10.5. The summed E-state index contributed by atoms with van der Waals surface area (Å²) >= 11 is 0. The fraction of sp³-hybridized carbons (Fsp3) is 0.596. The van der Waals surface area contributed by atoms with E-state index in [-0.39, 0.29) is 27.7 Å². The van der Waals surface area contributed by atoms with Crippen LogP contribution in [-0.4, -0.2) is 63.1 Å². The van der Waals surface area contributed by atoms with E-state index in [0.29, 0.717) is 5.16 Å². The van der Waals surface area contributed by atoms with Gasteiger partial charge in [-0.1, -0.05) is 177 Å². The van der Waals surface area contributed by atoms with Gasteiger partial charge in [0.25, 0.3) is 0 Å². The Labute approximate surface area is 353 Å². The van der Waals surface area contributed by atoms with Crippen LogP contribution in [0.4, 0.5) is 22.7 Å². The normalized spacial score (nSPS) is 19.4. The fourth-order valence-corrected chi connectivity index (χ4v) is 41.8. The Morgan fingerprint density at radius 2 is 0.807 bits per heavy atom. The van der Waals surface area contributed by atoms with Crippen LogP contribution in [-0.2, 0) is 4.43 Å². The van der Waals surface area contributed by atoms with Gasteiger partial charge < -0.3 is 22.7 Å². The molecule has 3 aliphatic rings. The van der Waals surface area contributed by atoms with E-state index >= 15 is 0 Å². The molecule has 0 saturated carbocycles. The molecule has 1 fully saturated rings. The Hall–Kier alpha value is -2.35. The third-order valence-corrected chi connectivity index (χ3v) is 34.9. The lowest BCUT2D eigenvalue weighted by Gasteiger charge is -2.59. The Morgan fingerprint density at radius 1 is 0.491 bits per heavy atom. The minimum Gasteiger partial charge on any atom is -0.364 e. The number of fused-ring (bicyclic) bond motifs is 3. The topological polar surface area (TPSA) is 25.4 Å². The molecule has 3 aromatic rings. The van der Waals surface area contributed by atoms with Crippen molar-refractivity contribution in [1.29, 1.82) is 0 Å². The van der Waals surface area contributed by atoms with Crippen LogP contribution in [0.1, 0.15) is 94.7 Å². The van der Waals surface area contributed by atoms with E-state index < -0.39 is 32.4 Å². The first-order chi connectivity index (χ1) is 26.0. The van der Waals surface area contributed by atoms with Crippen LogP contribution in [0.2, 0.25) is 44.4 Å². The van der Waals surface area contributed by atoms with Crippen LogP contribution in [0.3, 0.4) is 0 Å². The van der Waals surface area contributed by atoms with Gasteiger partial charge in [0.15, 0.2) is 0 Å². The smallest absolute Gasteiger partial charge is 0.364 e. The van der Waals surface area contributed by atoms with E-state index in [9.17, 15) is 0 Å². The van der Waals surface area contributed by atoms with Crippen molar-refractivity contribution in [3.05, 3.63) is 91.2 Å². The van der Waals surface area contributed by atoms with Gasteiger partial charge in [0.2, 0.25) is 6.73 Å². The monoisotopic (exact) mass is 840 g/mol. The standard InChI is InChI=1S/C47H77N5OSi4/c1-44(2,3)32-48-38-28-22-23-29-39(38)49(33-45(4,5)6)56(48)52(42(37-26-20-19-21-27-37)43(54(13,14)15)55(16,17)18)36-53-57(56)50(34-46(7,8)9)40-30-24-25-31-41(40)51(57)35-47(10,11)12/h19-31,42-43H,32-35H2,1-18H3. The van der Waals surface area contributed by atoms with Crippen LogP contribution in [0, 0.1) is 28.4 Å². The Morgan fingerprint density at radius 3 is 1.14 bits per heavy atom. The number of anilines is 4. The number of nitrogens with zero attached hydrogens (tertiary/aromatic N) is 5. The molecule has 3 heterocycles. The lowest BCUT2D eigenvalue weighted by molar-refractivity contribution is 0.257. The molecule has 3 aromatic carbocycles. The van der Waals surface area contributed by atoms with Crippen LogP contribution in [0.5, 0.6) is 0 Å². The maximum atomic E-state index is 8.13. The molecule has 0 amide bonds. The molecule has 3 aliphatic heterocycles. The number of para-hydroxylation sites is 4. The van der Waals surface area contributed by atoms with Crippen LogP contribution in [0.25, 0.3) is 0 Å². The highest BCUT2D eigenvalue weighted by atomic mass is 29.3. The summed E-state index contributed by atoms with van der Waals surface area (Å²) in [6.07, 6.45) is 0. The molecule has 2 spiro atoms. The molecule has 6 nitrogen and oxygen atoms in total. The van der Waals surface area contributed by atoms with Gasteiger partial charge in [-0.15, -0.1) is 0 Å². The van der Waals surface area contributed by atoms with Crippen LogP contribution < -0.4 is 18.3 Å². The molecule has 0 bridgehead atoms. The highest BCUT2D eigenvalue weighted by Crippen LogP contribution is 2.63. The predicted molar refractivity (Wildman–Crippen MR) is 257 cm³/mol. The SMILES string of the molecule is CC(C)(C)CN1c2ccccc2N(CC(C)(C)C)[Si]12O[C]N(C(c1ccccc1)C([Si](C)(C)C)[Si](C)(C)C)[Si]21N(CC(C)(C)C)c2ccccc2N1CC(C)(C)C. The van der Waals surface area contributed by atoms with Gasteiger partial charge in [-0.25, -0.2) is 4.57 Å². The quantitative estimate of drug-likeness (QED) is 0.199. The Kier molecular flexibility index (Phi) is 11.4. The minimum atomic E-state index is -3.41. The van der Waals surface area contributed by atoms with Gasteiger partial charge >= 0.3 is 16.2 Å². The number of rotatable bonds is 9. The minimum absolute atomic E-state index is 0.00305. The van der Waals surface area contributed by atoms with Crippen molar-refractivity contribution in [2.75, 3.05) is 44.4 Å². The molecule has 57 heavy (non-hydrogen) atoms. The average Bonchev–Trinajstić information content (AvgIpc) is 3.61. The highest BCUT2D eigenvalue weighted by molar-refractivity contribution is 7.45. The van der Waals surface area contributed by atoms with Crippen molar-refractivity contribution in [2.24, 2.45) is 21.7 Å². The first-order valence-corrected chi connectivity index (χ1v) is 33.4. The van der Waals surface area contributed by atoms with Gasteiger partial charge in [0, 0.05) is 48.4 Å². The molecule has 312 valence electrons. The predicted octanol–water partition coefficient (Wildman–Crippen LogP) is 12.4. The summed E-state index contributed by atoms with van der Waals surface area (Å²) in [6.45, 7) is 52.7. The Balaban J connectivity index is 1.87. The molecule has 1 saturated heterocycles. The average molecular weight is 841 g/mol. The zero-order chi connectivity index (χ0) is 42.4. The van der Waals surface area contributed by atoms with Gasteiger partial charge in [-0.3, -0.25) is 0 Å². The maximum absolute atomic E-state index is 8.13. The molecule has 0 aromatic heterocycles. The van der Waals surface area contributed by atoms with Crippen molar-refractivity contribution < 1.29 is 4.43 Å². The molecule has 6 rings (SSSR count). The molecule has 0 N–H and O–H groups in total. The van der Waals surface area contributed by atoms with Gasteiger partial charge in [-0.05, 0) is 56.7 Å². The molecule has 10 heteroatoms. The lowest BCUT2D eigenvalue weighted by atomic mass is 9.96. The second kappa shape index (κ2) is 14.7. The number of benzene rings is 3. The van der Waals surface area contributed by atoms with E-state index in [0.717, 1.165) is 26.2 Å². The summed E-state index contributed by atoms with van der Waals surface area (Å²) in [5.74, 6) is 0. The summed E-state index contributed by atoms with van der Waals surface area (Å²) in [4.78, 5) is 0. The molecule has 0 aliphatic carbocycles. The van der Waals surface area contributed by atoms with Gasteiger partial charge in [0.05, 0.1) is 22.7 Å². The van der Waals surface area contributed by atoms with Crippen molar-refractivity contribution in [1.82, 2.24) is 4.57 Å². The first kappa shape index (κ1) is 44.2. The van der Waals surface area contributed by atoms with Crippen molar-refractivity contribution in [3.8, 4) is 0 Å². The zero-order valence-corrected chi connectivity index (χ0v) is 43.1. The summed E-state index contributed by atoms with van der Waals surface area (Å²) < 4.78 is 22.8. The summed E-state index contributed by atoms with van der Waals surface area (Å²) in [5.41, 5.74) is 6.79. The summed E-state index contributed by atoms with van der Waals surface area (Å²) in [5, 5.41) is 0.518. The molecular formula is C47H77N5OSi4. The summed E-state index contributed by atoms with van der Waals surface area (Å²) in [6, 6.07) is 30.5. The van der Waals surface area contributed by atoms with E-state index in [2.05, 4.69) is 231 Å². The fourth-order valence-electron chi connectivity index (χ4n) is 10.6. The zero-order valence-electron chi connectivity index (χ0n) is 39.1. The van der Waals surface area contributed by atoms with Crippen LogP contribution >= 0.6 is 0 Å². The second-order valence-electron chi connectivity index (χ2n) is 24.4. The third-order valence-electron chi connectivity index (χ3n) is 11.6. The van der Waals surface area contributed by atoms with E-state index in [4.69, 9.17) is 4.43 Å². The number of hydrogen-bond acceptors (Lipinski definition) is 6. The van der Waals surface area contributed by atoms with Gasteiger partial charge in [-0.2, -0.15) is 0 Å². The second-order valence-corrected chi connectivity index (χ2v) is 45.0. The highest BCUT2D eigenvalue weighted by Gasteiger charge is 2.86. The Bertz CT molecular complexity index is 1780. The first-order valence-electron chi connectivity index (χ1n) is 21.6. The number of hydrogen-bond donors (Lipinski definition) is 0. The molecular weight excluding hydrogens is 763 g/mol. The molecule has 1 unspecified atom stereocenters. The maximum Gasteiger partial charge on any atom is 0.467 e. The van der Waals surface area contributed by atoms with E-state index in [1.54, 1.807) is 0 Å². The largest absolute Gasteiger partial charge is 0.467 e. The van der Waals surface area contributed by atoms with E-state index in [1.807, 2.05) is 0 Å². The van der Waals surface area contributed by atoms with Crippen molar-refractivity contribution in [3.63, 3.8) is 0 Å². The van der Waals surface area contributed by atoms with Crippen molar-refractivity contribution >= 4 is 55.1 Å². The lowest BCUT2D eigenvalue weighted by Crippen LogP contribution is -2.92. The molecule has 1 atom stereocenters.